The van der Waals surface area contributed by atoms with Gasteiger partial charge >= 0.3 is 11.9 Å². The number of nitrogens with one attached hydrogen (secondary N) is 1. The van der Waals surface area contributed by atoms with Crippen molar-refractivity contribution < 1.29 is 23.8 Å². The van der Waals surface area contributed by atoms with Gasteiger partial charge in [-0.15, -0.1) is 0 Å². The number of carbonyl (C=O) groups excluding carboxylic acids is 2. The Labute approximate surface area is 160 Å². The number of ether oxygens (including phenoxy) is 3. The van der Waals surface area contributed by atoms with Gasteiger partial charge in [-0.3, -0.25) is 0 Å². The standard InChI is InChI=1S/C21H29NO5/c1-5-6-11-27-14(2)16-12-18(21(24)26-4)19(13-17(16)20(23)25-3)22-15-9-7-8-10-15/h12-13,15,22H,2,5-11H2,1,3-4H3. The van der Waals surface area contributed by atoms with E-state index < -0.39 is 11.9 Å². The molecule has 1 aliphatic rings. The van der Waals surface area contributed by atoms with Gasteiger partial charge in [-0.2, -0.15) is 0 Å². The van der Waals surface area contributed by atoms with Crippen molar-refractivity contribution in [2.24, 2.45) is 0 Å². The Morgan fingerprint density at radius 1 is 1.07 bits per heavy atom. The molecule has 27 heavy (non-hydrogen) atoms. The van der Waals surface area contributed by atoms with Crippen molar-refractivity contribution in [3.8, 4) is 0 Å². The summed E-state index contributed by atoms with van der Waals surface area (Å²) in [5, 5.41) is 3.38. The maximum atomic E-state index is 12.3. The SMILES string of the molecule is C=C(OCCCC)c1cc(C(=O)OC)c(NC2CCCC2)cc1C(=O)OC. The number of benzene rings is 1. The van der Waals surface area contributed by atoms with Crippen LogP contribution in [-0.4, -0.2) is 38.8 Å². The minimum Gasteiger partial charge on any atom is -0.494 e. The second-order valence-electron chi connectivity index (χ2n) is 6.68. The number of methoxy groups -OCH3 is 2. The maximum Gasteiger partial charge on any atom is 0.339 e. The number of hydrogen-bond donors (Lipinski definition) is 1. The van der Waals surface area contributed by atoms with Gasteiger partial charge in [0.25, 0.3) is 0 Å². The van der Waals surface area contributed by atoms with E-state index in [1.807, 2.05) is 0 Å². The fourth-order valence-corrected chi connectivity index (χ4v) is 3.21. The molecule has 1 aliphatic carbocycles. The molecule has 0 aliphatic heterocycles. The smallest absolute Gasteiger partial charge is 0.339 e. The zero-order chi connectivity index (χ0) is 19.8. The predicted molar refractivity (Wildman–Crippen MR) is 105 cm³/mol. The van der Waals surface area contributed by atoms with Crippen LogP contribution in [0.4, 0.5) is 5.69 Å². The van der Waals surface area contributed by atoms with E-state index in [0.29, 0.717) is 34.7 Å². The molecular weight excluding hydrogens is 346 g/mol. The average molecular weight is 375 g/mol. The fourth-order valence-electron chi connectivity index (χ4n) is 3.21. The first-order valence-corrected chi connectivity index (χ1v) is 9.45. The minimum atomic E-state index is -0.504. The summed E-state index contributed by atoms with van der Waals surface area (Å²) in [6.45, 7) is 6.48. The highest BCUT2D eigenvalue weighted by Crippen LogP contribution is 2.31. The van der Waals surface area contributed by atoms with Crippen LogP contribution < -0.4 is 5.32 Å². The lowest BCUT2D eigenvalue weighted by Gasteiger charge is -2.20. The molecule has 2 rings (SSSR count). The van der Waals surface area contributed by atoms with Crippen molar-refractivity contribution in [1.82, 2.24) is 0 Å². The summed E-state index contributed by atoms with van der Waals surface area (Å²) in [6, 6.07) is 3.51. The van der Waals surface area contributed by atoms with E-state index in [1.165, 1.54) is 14.2 Å². The van der Waals surface area contributed by atoms with Gasteiger partial charge in [0.1, 0.15) is 5.76 Å². The third kappa shape index (κ3) is 5.25. The summed E-state index contributed by atoms with van der Waals surface area (Å²) in [4.78, 5) is 24.7. The van der Waals surface area contributed by atoms with Crippen LogP contribution in [0.1, 0.15) is 71.7 Å². The molecule has 0 spiro atoms. The molecule has 0 aromatic heterocycles. The van der Waals surface area contributed by atoms with Crippen LogP contribution in [0.2, 0.25) is 0 Å². The summed E-state index contributed by atoms with van der Waals surface area (Å²) in [7, 11) is 2.66. The number of esters is 2. The highest BCUT2D eigenvalue weighted by molar-refractivity contribution is 6.02. The highest BCUT2D eigenvalue weighted by Gasteiger charge is 2.24. The van der Waals surface area contributed by atoms with Crippen LogP contribution in [0.3, 0.4) is 0 Å². The van der Waals surface area contributed by atoms with Gasteiger partial charge in [0, 0.05) is 17.3 Å². The molecule has 1 N–H and O–H groups in total. The first kappa shape index (κ1) is 20.8. The molecule has 148 valence electrons. The fraction of sp³-hybridized carbons (Fsp3) is 0.524. The first-order valence-electron chi connectivity index (χ1n) is 9.45. The monoisotopic (exact) mass is 375 g/mol. The topological polar surface area (TPSA) is 73.9 Å². The molecule has 1 saturated carbocycles. The molecular formula is C21H29NO5. The number of unbranched alkanes of at least 4 members (excludes halogenated alkanes) is 1. The van der Waals surface area contributed by atoms with Gasteiger partial charge in [0.15, 0.2) is 0 Å². The molecule has 0 unspecified atom stereocenters. The van der Waals surface area contributed by atoms with Crippen molar-refractivity contribution in [3.05, 3.63) is 35.4 Å². The van der Waals surface area contributed by atoms with E-state index in [1.54, 1.807) is 12.1 Å². The van der Waals surface area contributed by atoms with E-state index in [-0.39, 0.29) is 6.04 Å². The minimum absolute atomic E-state index is 0.272. The Morgan fingerprint density at radius 3 is 2.30 bits per heavy atom. The second-order valence-corrected chi connectivity index (χ2v) is 6.68. The Bertz CT molecular complexity index is 692. The van der Waals surface area contributed by atoms with Crippen LogP contribution in [0.15, 0.2) is 18.7 Å². The number of hydrogen-bond acceptors (Lipinski definition) is 6. The Hall–Kier alpha value is -2.50. The maximum absolute atomic E-state index is 12.3. The van der Waals surface area contributed by atoms with Crippen LogP contribution in [-0.2, 0) is 14.2 Å². The predicted octanol–water partition coefficient (Wildman–Crippen LogP) is 4.40. The lowest BCUT2D eigenvalue weighted by molar-refractivity contribution is 0.0586. The van der Waals surface area contributed by atoms with Crippen LogP contribution >= 0.6 is 0 Å². The average Bonchev–Trinajstić information content (AvgIpc) is 3.19. The molecule has 0 amide bonds. The largest absolute Gasteiger partial charge is 0.494 e. The van der Waals surface area contributed by atoms with E-state index in [0.717, 1.165) is 38.5 Å². The van der Waals surface area contributed by atoms with E-state index in [4.69, 9.17) is 14.2 Å². The lowest BCUT2D eigenvalue weighted by Crippen LogP contribution is -2.19. The highest BCUT2D eigenvalue weighted by atomic mass is 16.5. The molecule has 1 fully saturated rings. The first-order chi connectivity index (χ1) is 13.0. The molecule has 1 aromatic rings. The molecule has 0 heterocycles. The zero-order valence-electron chi connectivity index (χ0n) is 16.4. The van der Waals surface area contributed by atoms with Crippen LogP contribution in [0.25, 0.3) is 5.76 Å². The van der Waals surface area contributed by atoms with E-state index in [2.05, 4.69) is 18.8 Å². The molecule has 6 heteroatoms. The molecule has 0 atom stereocenters. The van der Waals surface area contributed by atoms with Crippen molar-refractivity contribution in [1.29, 1.82) is 0 Å². The van der Waals surface area contributed by atoms with Crippen molar-refractivity contribution in [2.45, 2.75) is 51.5 Å². The summed E-state index contributed by atoms with van der Waals surface area (Å²) in [6.07, 6.45) is 6.21. The Kier molecular flexibility index (Phi) is 7.70. The molecule has 0 bridgehead atoms. The summed E-state index contributed by atoms with van der Waals surface area (Å²) < 4.78 is 15.5. The van der Waals surface area contributed by atoms with Crippen molar-refractivity contribution in [2.75, 3.05) is 26.1 Å². The Balaban J connectivity index is 2.45. The number of rotatable bonds is 9. The van der Waals surface area contributed by atoms with Gasteiger partial charge in [0.2, 0.25) is 0 Å². The van der Waals surface area contributed by atoms with Crippen molar-refractivity contribution >= 4 is 23.4 Å². The third-order valence-corrected chi connectivity index (χ3v) is 4.76. The van der Waals surface area contributed by atoms with Crippen molar-refractivity contribution in [3.63, 3.8) is 0 Å². The normalized spacial score (nSPS) is 13.9. The zero-order valence-corrected chi connectivity index (χ0v) is 16.4. The van der Waals surface area contributed by atoms with E-state index in [9.17, 15) is 9.59 Å². The Morgan fingerprint density at radius 2 is 1.70 bits per heavy atom. The number of carbonyl (C=O) groups is 2. The summed E-state index contributed by atoms with van der Waals surface area (Å²) in [5.74, 6) is -0.646. The van der Waals surface area contributed by atoms with Gasteiger partial charge < -0.3 is 19.5 Å². The van der Waals surface area contributed by atoms with Gasteiger partial charge in [-0.25, -0.2) is 9.59 Å². The van der Waals surface area contributed by atoms with E-state index >= 15 is 0 Å². The molecule has 0 saturated heterocycles. The molecule has 0 radical (unpaired) electrons. The summed E-state index contributed by atoms with van der Waals surface area (Å²) in [5.41, 5.74) is 1.68. The van der Waals surface area contributed by atoms with Gasteiger partial charge in [-0.05, 0) is 31.4 Å². The third-order valence-electron chi connectivity index (χ3n) is 4.76. The van der Waals surface area contributed by atoms with Gasteiger partial charge in [-0.1, -0.05) is 32.8 Å². The lowest BCUT2D eigenvalue weighted by atomic mass is 9.99. The number of anilines is 1. The van der Waals surface area contributed by atoms with Crippen LogP contribution in [0, 0.1) is 0 Å². The van der Waals surface area contributed by atoms with Gasteiger partial charge in [0.05, 0.1) is 32.0 Å². The second kappa shape index (κ2) is 10.00. The van der Waals surface area contributed by atoms with Crippen LogP contribution in [0.5, 0.6) is 0 Å². The molecule has 6 nitrogen and oxygen atoms in total. The summed E-state index contributed by atoms with van der Waals surface area (Å²) >= 11 is 0. The molecule has 1 aromatic carbocycles. The quantitative estimate of drug-likeness (QED) is 0.392.